The summed E-state index contributed by atoms with van der Waals surface area (Å²) in [6, 6.07) is 6.90. The van der Waals surface area contributed by atoms with Gasteiger partial charge in [-0.05, 0) is 48.6 Å². The number of thioether (sulfide) groups is 1. The predicted molar refractivity (Wildman–Crippen MR) is 88.0 cm³/mol. The lowest BCUT2D eigenvalue weighted by atomic mass is 10.2. The molecule has 0 aromatic heterocycles. The van der Waals surface area contributed by atoms with Crippen molar-refractivity contribution in [2.75, 3.05) is 30.4 Å². The van der Waals surface area contributed by atoms with E-state index in [1.165, 1.54) is 0 Å². The lowest BCUT2D eigenvalue weighted by Crippen LogP contribution is -2.24. The van der Waals surface area contributed by atoms with Crippen LogP contribution in [0, 0.1) is 5.92 Å². The van der Waals surface area contributed by atoms with Crippen molar-refractivity contribution in [1.29, 1.82) is 0 Å². The molecule has 0 aliphatic carbocycles. The highest BCUT2D eigenvalue weighted by molar-refractivity contribution is 7.98. The summed E-state index contributed by atoms with van der Waals surface area (Å²) in [6.45, 7) is 5.48. The zero-order valence-electron chi connectivity index (χ0n) is 12.3. The van der Waals surface area contributed by atoms with Gasteiger partial charge in [-0.1, -0.05) is 13.8 Å². The van der Waals surface area contributed by atoms with Crippen molar-refractivity contribution >= 4 is 27.5 Å². The highest BCUT2D eigenvalue weighted by atomic mass is 32.2. The van der Waals surface area contributed by atoms with Gasteiger partial charge in [0, 0.05) is 18.8 Å². The quantitative estimate of drug-likeness (QED) is 0.735. The summed E-state index contributed by atoms with van der Waals surface area (Å²) >= 11 is 1.83. The van der Waals surface area contributed by atoms with Crippen LogP contribution < -0.4 is 10.0 Å². The zero-order chi connectivity index (χ0) is 15.0. The molecule has 1 aromatic carbocycles. The van der Waals surface area contributed by atoms with Gasteiger partial charge in [-0.2, -0.15) is 11.8 Å². The van der Waals surface area contributed by atoms with Gasteiger partial charge >= 0.3 is 0 Å². The average molecular weight is 316 g/mol. The van der Waals surface area contributed by atoms with Crippen LogP contribution in [0.2, 0.25) is 0 Å². The fourth-order valence-corrected chi connectivity index (χ4v) is 3.53. The molecular formula is C14H24N2O2S2. The molecule has 0 saturated carbocycles. The van der Waals surface area contributed by atoms with Gasteiger partial charge in [0.05, 0.1) is 4.90 Å². The molecule has 0 spiro atoms. The molecule has 114 valence electrons. The fourth-order valence-electron chi connectivity index (χ4n) is 1.71. The summed E-state index contributed by atoms with van der Waals surface area (Å²) in [5.74, 6) is 1.69. The van der Waals surface area contributed by atoms with Gasteiger partial charge in [-0.3, -0.25) is 0 Å². The van der Waals surface area contributed by atoms with Crippen LogP contribution in [0.25, 0.3) is 0 Å². The minimum atomic E-state index is -3.36. The Balaban J connectivity index is 2.60. The maximum absolute atomic E-state index is 11.9. The minimum Gasteiger partial charge on any atom is -0.385 e. The molecule has 1 rings (SSSR count). The normalized spacial score (nSPS) is 13.2. The molecule has 1 aromatic rings. The van der Waals surface area contributed by atoms with Crippen molar-refractivity contribution in [2.45, 2.75) is 25.2 Å². The van der Waals surface area contributed by atoms with E-state index in [1.54, 1.807) is 12.1 Å². The Bertz CT molecular complexity index is 486. The Kier molecular flexibility index (Phi) is 7.40. The summed E-state index contributed by atoms with van der Waals surface area (Å²) in [4.78, 5) is 0.314. The van der Waals surface area contributed by atoms with Crippen LogP contribution in [0.1, 0.15) is 20.3 Å². The molecule has 4 nitrogen and oxygen atoms in total. The smallest absolute Gasteiger partial charge is 0.240 e. The standard InChI is InChI=1S/C14H24N2O2S2/c1-4-9-16-20(17,18)14-7-5-13(6-8-14)15-10-12(2)11-19-3/h5-8,12,15-16H,4,9-11H2,1-3H3. The minimum absolute atomic E-state index is 0.314. The summed E-state index contributed by atoms with van der Waals surface area (Å²) in [6.07, 6.45) is 2.88. The van der Waals surface area contributed by atoms with Gasteiger partial charge < -0.3 is 5.32 Å². The lowest BCUT2D eigenvalue weighted by molar-refractivity contribution is 0.581. The van der Waals surface area contributed by atoms with Crippen LogP contribution in [0.3, 0.4) is 0 Å². The van der Waals surface area contributed by atoms with Crippen molar-refractivity contribution in [2.24, 2.45) is 5.92 Å². The van der Waals surface area contributed by atoms with Crippen molar-refractivity contribution in [3.8, 4) is 0 Å². The Morgan fingerprint density at radius 2 is 1.90 bits per heavy atom. The van der Waals surface area contributed by atoms with Crippen LogP contribution >= 0.6 is 11.8 Å². The third-order valence-corrected chi connectivity index (χ3v) is 5.19. The molecule has 0 fully saturated rings. The lowest BCUT2D eigenvalue weighted by Gasteiger charge is -2.13. The Hall–Kier alpha value is -0.720. The maximum Gasteiger partial charge on any atom is 0.240 e. The molecule has 6 heteroatoms. The van der Waals surface area contributed by atoms with Gasteiger partial charge in [0.15, 0.2) is 0 Å². The van der Waals surface area contributed by atoms with E-state index in [4.69, 9.17) is 0 Å². The molecule has 0 aliphatic heterocycles. The monoisotopic (exact) mass is 316 g/mol. The summed E-state index contributed by atoms with van der Waals surface area (Å²) in [5, 5.41) is 3.32. The summed E-state index contributed by atoms with van der Waals surface area (Å²) < 4.78 is 26.4. The fraction of sp³-hybridized carbons (Fsp3) is 0.571. The molecule has 20 heavy (non-hydrogen) atoms. The van der Waals surface area contributed by atoms with Gasteiger partial charge in [-0.25, -0.2) is 13.1 Å². The van der Waals surface area contributed by atoms with Crippen molar-refractivity contribution < 1.29 is 8.42 Å². The predicted octanol–water partition coefficient (Wildman–Crippen LogP) is 2.79. The van der Waals surface area contributed by atoms with Gasteiger partial charge in [0.1, 0.15) is 0 Å². The second-order valence-corrected chi connectivity index (χ2v) is 7.54. The molecule has 0 amide bonds. The largest absolute Gasteiger partial charge is 0.385 e. The Morgan fingerprint density at radius 3 is 2.45 bits per heavy atom. The molecule has 0 bridgehead atoms. The SMILES string of the molecule is CCCNS(=O)(=O)c1ccc(NCC(C)CSC)cc1. The first-order chi connectivity index (χ1) is 9.49. The average Bonchev–Trinajstić information content (AvgIpc) is 2.44. The van der Waals surface area contributed by atoms with Gasteiger partial charge in [0.25, 0.3) is 0 Å². The molecule has 1 atom stereocenters. The Morgan fingerprint density at radius 1 is 1.25 bits per heavy atom. The van der Waals surface area contributed by atoms with E-state index in [9.17, 15) is 8.42 Å². The highest BCUT2D eigenvalue weighted by Gasteiger charge is 2.12. The Labute approximate surface area is 126 Å². The first-order valence-corrected chi connectivity index (χ1v) is 9.69. The van der Waals surface area contributed by atoms with E-state index >= 15 is 0 Å². The van der Waals surface area contributed by atoms with Crippen LogP contribution in [0.15, 0.2) is 29.2 Å². The van der Waals surface area contributed by atoms with Gasteiger partial charge in [-0.15, -0.1) is 0 Å². The summed E-state index contributed by atoms with van der Waals surface area (Å²) in [7, 11) is -3.36. The maximum atomic E-state index is 11.9. The van der Waals surface area contributed by atoms with E-state index in [0.29, 0.717) is 17.4 Å². The number of rotatable bonds is 9. The highest BCUT2D eigenvalue weighted by Crippen LogP contribution is 2.15. The van der Waals surface area contributed by atoms with Crippen LogP contribution in [0.4, 0.5) is 5.69 Å². The number of anilines is 1. The molecule has 1 unspecified atom stereocenters. The van der Waals surface area contributed by atoms with Crippen molar-refractivity contribution in [1.82, 2.24) is 4.72 Å². The number of hydrogen-bond donors (Lipinski definition) is 2. The molecule has 0 aliphatic rings. The second kappa shape index (κ2) is 8.54. The third kappa shape index (κ3) is 5.73. The van der Waals surface area contributed by atoms with Crippen LogP contribution in [0.5, 0.6) is 0 Å². The molecule has 0 heterocycles. The number of hydrogen-bond acceptors (Lipinski definition) is 4. The molecular weight excluding hydrogens is 292 g/mol. The van der Waals surface area contributed by atoms with E-state index in [1.807, 2.05) is 30.8 Å². The second-order valence-electron chi connectivity index (χ2n) is 4.86. The van der Waals surface area contributed by atoms with Crippen LogP contribution in [-0.2, 0) is 10.0 Å². The number of nitrogens with one attached hydrogen (secondary N) is 2. The van der Waals surface area contributed by atoms with E-state index in [-0.39, 0.29) is 0 Å². The molecule has 0 saturated heterocycles. The molecule has 2 N–H and O–H groups in total. The van der Waals surface area contributed by atoms with E-state index in [0.717, 1.165) is 24.4 Å². The summed E-state index contributed by atoms with van der Waals surface area (Å²) in [5.41, 5.74) is 0.951. The first kappa shape index (κ1) is 17.3. The van der Waals surface area contributed by atoms with E-state index in [2.05, 4.69) is 23.2 Å². The van der Waals surface area contributed by atoms with E-state index < -0.39 is 10.0 Å². The van der Waals surface area contributed by atoms with Gasteiger partial charge in [0.2, 0.25) is 10.0 Å². The van der Waals surface area contributed by atoms with Crippen molar-refractivity contribution in [3.63, 3.8) is 0 Å². The van der Waals surface area contributed by atoms with Crippen LogP contribution in [-0.4, -0.2) is 33.5 Å². The zero-order valence-corrected chi connectivity index (χ0v) is 14.0. The van der Waals surface area contributed by atoms with Crippen molar-refractivity contribution in [3.05, 3.63) is 24.3 Å². The number of benzene rings is 1. The topological polar surface area (TPSA) is 58.2 Å². The first-order valence-electron chi connectivity index (χ1n) is 6.82. The molecule has 0 radical (unpaired) electrons. The number of sulfonamides is 1. The third-order valence-electron chi connectivity index (χ3n) is 2.81.